The maximum absolute atomic E-state index is 12.3. The van der Waals surface area contributed by atoms with E-state index in [1.165, 1.54) is 18.2 Å². The summed E-state index contributed by atoms with van der Waals surface area (Å²) in [6, 6.07) is 12.5. The first-order valence-corrected chi connectivity index (χ1v) is 10.5. The summed E-state index contributed by atoms with van der Waals surface area (Å²) in [7, 11) is 0. The second-order valence-corrected chi connectivity index (χ2v) is 8.40. The number of amidine groups is 1. The number of benzene rings is 2. The van der Waals surface area contributed by atoms with E-state index in [1.807, 2.05) is 0 Å². The van der Waals surface area contributed by atoms with Gasteiger partial charge < -0.3 is 9.73 Å². The minimum atomic E-state index is -0.528. The lowest BCUT2D eigenvalue weighted by molar-refractivity contribution is -0.384. The highest BCUT2D eigenvalue weighted by Gasteiger charge is 2.25. The quantitative estimate of drug-likeness (QED) is 0.247. The molecule has 1 saturated heterocycles. The van der Waals surface area contributed by atoms with Crippen LogP contribution in [0.2, 0.25) is 15.1 Å². The number of nitro groups is 1. The largest absolute Gasteiger partial charge is 0.457 e. The molecular formula is C20H10Cl3N3O4S. The molecule has 0 bridgehead atoms. The van der Waals surface area contributed by atoms with Crippen LogP contribution in [-0.4, -0.2) is 16.0 Å². The van der Waals surface area contributed by atoms with Crippen molar-refractivity contribution in [3.05, 3.63) is 84.4 Å². The van der Waals surface area contributed by atoms with Gasteiger partial charge in [-0.1, -0.05) is 40.9 Å². The molecule has 0 spiro atoms. The van der Waals surface area contributed by atoms with Crippen molar-refractivity contribution in [2.24, 2.45) is 4.99 Å². The number of furan rings is 1. The molecule has 11 heteroatoms. The topological polar surface area (TPSA) is 97.7 Å². The van der Waals surface area contributed by atoms with Crippen molar-refractivity contribution < 1.29 is 14.1 Å². The number of nitrogens with one attached hydrogen (secondary N) is 1. The van der Waals surface area contributed by atoms with Crippen molar-refractivity contribution in [2.75, 3.05) is 0 Å². The van der Waals surface area contributed by atoms with Gasteiger partial charge in [0, 0.05) is 23.8 Å². The van der Waals surface area contributed by atoms with Gasteiger partial charge in [-0.05, 0) is 42.1 Å². The number of rotatable bonds is 4. The second kappa shape index (κ2) is 8.76. The van der Waals surface area contributed by atoms with Gasteiger partial charge in [0.15, 0.2) is 5.17 Å². The molecule has 7 nitrogen and oxygen atoms in total. The molecule has 31 heavy (non-hydrogen) atoms. The van der Waals surface area contributed by atoms with Crippen LogP contribution >= 0.6 is 46.6 Å². The van der Waals surface area contributed by atoms with Crippen molar-refractivity contribution >= 4 is 75.1 Å². The van der Waals surface area contributed by atoms with Crippen LogP contribution < -0.4 is 5.32 Å². The highest BCUT2D eigenvalue weighted by Crippen LogP contribution is 2.36. The molecular weight excluding hydrogens is 485 g/mol. The Labute approximate surface area is 194 Å². The number of nitro benzene ring substituents is 1. The molecule has 156 valence electrons. The van der Waals surface area contributed by atoms with Crippen LogP contribution in [0.4, 0.5) is 11.4 Å². The first-order valence-electron chi connectivity index (χ1n) is 8.59. The number of aliphatic imine (C=N–C) groups is 1. The van der Waals surface area contributed by atoms with Crippen molar-refractivity contribution in [1.29, 1.82) is 0 Å². The molecule has 0 radical (unpaired) electrons. The summed E-state index contributed by atoms with van der Waals surface area (Å²) in [5.74, 6) is 0.479. The summed E-state index contributed by atoms with van der Waals surface area (Å²) >= 11 is 19.4. The Morgan fingerprint density at radius 1 is 1.10 bits per heavy atom. The smallest absolute Gasteiger partial charge is 0.270 e. The Bertz CT molecular complexity index is 1290. The third kappa shape index (κ3) is 4.62. The van der Waals surface area contributed by atoms with Gasteiger partial charge in [-0.2, -0.15) is 0 Å². The zero-order valence-electron chi connectivity index (χ0n) is 15.3. The van der Waals surface area contributed by atoms with Crippen LogP contribution in [0, 0.1) is 10.1 Å². The minimum absolute atomic E-state index is 0.117. The van der Waals surface area contributed by atoms with Crippen LogP contribution in [-0.2, 0) is 4.79 Å². The molecule has 0 saturated carbocycles. The molecule has 1 aromatic heterocycles. The molecule has 3 aromatic rings. The van der Waals surface area contributed by atoms with Crippen LogP contribution in [0.15, 0.2) is 62.8 Å². The zero-order valence-corrected chi connectivity index (χ0v) is 18.3. The van der Waals surface area contributed by atoms with E-state index in [9.17, 15) is 14.9 Å². The monoisotopic (exact) mass is 493 g/mol. The van der Waals surface area contributed by atoms with Crippen LogP contribution in [0.3, 0.4) is 0 Å². The van der Waals surface area contributed by atoms with Gasteiger partial charge in [0.05, 0.1) is 30.6 Å². The van der Waals surface area contributed by atoms with Crippen LogP contribution in [0.5, 0.6) is 0 Å². The molecule has 0 unspecified atom stereocenters. The fourth-order valence-electron chi connectivity index (χ4n) is 2.69. The molecule has 1 aliphatic heterocycles. The van der Waals surface area contributed by atoms with E-state index >= 15 is 0 Å². The summed E-state index contributed by atoms with van der Waals surface area (Å²) in [4.78, 5) is 27.3. The Hall–Kier alpha value is -2.78. The predicted molar refractivity (Wildman–Crippen MR) is 123 cm³/mol. The summed E-state index contributed by atoms with van der Waals surface area (Å²) in [5.41, 5.74) is 0.818. The second-order valence-electron chi connectivity index (χ2n) is 6.18. The average Bonchev–Trinajstić information content (AvgIpc) is 3.32. The van der Waals surface area contributed by atoms with E-state index in [-0.39, 0.29) is 16.6 Å². The van der Waals surface area contributed by atoms with Gasteiger partial charge in [-0.25, -0.2) is 4.99 Å². The number of amides is 1. The molecule has 2 heterocycles. The lowest BCUT2D eigenvalue weighted by Gasteiger charge is -2.01. The predicted octanol–water partition coefficient (Wildman–Crippen LogP) is 6.71. The minimum Gasteiger partial charge on any atom is -0.457 e. The van der Waals surface area contributed by atoms with Crippen molar-refractivity contribution in [3.8, 4) is 11.3 Å². The number of hydrogen-bond donors (Lipinski definition) is 1. The van der Waals surface area contributed by atoms with Gasteiger partial charge in [0.25, 0.3) is 11.6 Å². The van der Waals surface area contributed by atoms with Crippen LogP contribution in [0.25, 0.3) is 17.4 Å². The van der Waals surface area contributed by atoms with Gasteiger partial charge in [-0.15, -0.1) is 0 Å². The highest BCUT2D eigenvalue weighted by molar-refractivity contribution is 8.18. The molecule has 1 aliphatic rings. The van der Waals surface area contributed by atoms with E-state index in [0.717, 1.165) is 11.8 Å². The average molecular weight is 495 g/mol. The molecule has 2 aromatic carbocycles. The SMILES string of the molecule is O=C1NC(=Nc2cccc(Cl)c2Cl)S/C1=C\c1ccc(-c2ccc([N+](=O)[O-])cc2Cl)o1. The van der Waals surface area contributed by atoms with E-state index in [0.29, 0.717) is 42.9 Å². The third-order valence-corrected chi connectivity index (χ3v) is 6.16. The molecule has 1 fully saturated rings. The summed E-state index contributed by atoms with van der Waals surface area (Å²) in [6.07, 6.45) is 1.56. The number of hydrogen-bond acceptors (Lipinski definition) is 6. The van der Waals surface area contributed by atoms with Crippen LogP contribution in [0.1, 0.15) is 5.76 Å². The number of halogens is 3. The maximum Gasteiger partial charge on any atom is 0.270 e. The summed E-state index contributed by atoms with van der Waals surface area (Å²) in [6.45, 7) is 0. The van der Waals surface area contributed by atoms with Gasteiger partial charge in [0.1, 0.15) is 11.5 Å². The lowest BCUT2D eigenvalue weighted by atomic mass is 10.1. The van der Waals surface area contributed by atoms with Gasteiger partial charge in [0.2, 0.25) is 0 Å². The zero-order chi connectivity index (χ0) is 22.1. The third-order valence-electron chi connectivity index (χ3n) is 4.13. The highest BCUT2D eigenvalue weighted by atomic mass is 35.5. The molecule has 1 N–H and O–H groups in total. The first kappa shape index (κ1) is 21.5. The fraction of sp³-hybridized carbons (Fsp3) is 0. The standard InChI is InChI=1S/C20H10Cl3N3O4S/c21-13-2-1-3-15(18(13)23)24-20-25-19(27)17(31-20)9-11-5-7-16(30-11)12-6-4-10(26(28)29)8-14(12)22/h1-9H,(H,24,25,27)/b17-9-. The normalized spacial score (nSPS) is 16.2. The Kier molecular flexibility index (Phi) is 6.06. The number of carbonyl (C=O) groups is 1. The van der Waals surface area contributed by atoms with E-state index in [2.05, 4.69) is 10.3 Å². The Morgan fingerprint density at radius 2 is 1.90 bits per heavy atom. The van der Waals surface area contributed by atoms with Crippen molar-refractivity contribution in [3.63, 3.8) is 0 Å². The van der Waals surface area contributed by atoms with Gasteiger partial charge >= 0.3 is 0 Å². The molecule has 0 atom stereocenters. The molecule has 1 amide bonds. The Balaban J connectivity index is 1.57. The maximum atomic E-state index is 12.3. The first-order chi connectivity index (χ1) is 14.8. The van der Waals surface area contributed by atoms with E-state index < -0.39 is 4.92 Å². The number of nitrogens with zero attached hydrogens (tertiary/aromatic N) is 2. The van der Waals surface area contributed by atoms with E-state index in [4.69, 9.17) is 39.2 Å². The van der Waals surface area contributed by atoms with Crippen molar-refractivity contribution in [2.45, 2.75) is 0 Å². The number of carbonyl (C=O) groups excluding carboxylic acids is 1. The summed E-state index contributed by atoms with van der Waals surface area (Å²) < 4.78 is 5.75. The summed E-state index contributed by atoms with van der Waals surface area (Å²) in [5, 5.41) is 14.7. The van der Waals surface area contributed by atoms with E-state index in [1.54, 1.807) is 36.4 Å². The lowest BCUT2D eigenvalue weighted by Crippen LogP contribution is -2.19. The number of thioether (sulfide) groups is 1. The van der Waals surface area contributed by atoms with Crippen molar-refractivity contribution in [1.82, 2.24) is 5.32 Å². The Morgan fingerprint density at radius 3 is 2.65 bits per heavy atom. The van der Waals surface area contributed by atoms with Gasteiger partial charge in [-0.3, -0.25) is 14.9 Å². The molecule has 0 aliphatic carbocycles. The fourth-order valence-corrected chi connectivity index (χ4v) is 4.11. The number of non-ortho nitro benzene ring substituents is 1. The molecule has 4 rings (SSSR count).